The number of morpholine rings is 1. The Kier molecular flexibility index (Phi) is 6.28. The topological polar surface area (TPSA) is 44.7 Å². The summed E-state index contributed by atoms with van der Waals surface area (Å²) in [5, 5.41) is 14.1. The van der Waals surface area contributed by atoms with Gasteiger partial charge >= 0.3 is 0 Å². The van der Waals surface area contributed by atoms with Crippen LogP contribution in [0.3, 0.4) is 0 Å². The van der Waals surface area contributed by atoms with Gasteiger partial charge in [-0.15, -0.1) is 0 Å². The number of hydrogen-bond donors (Lipinski definition) is 2. The van der Waals surface area contributed by atoms with Crippen molar-refractivity contribution in [2.45, 2.75) is 57.5 Å². The third-order valence-corrected chi connectivity index (χ3v) is 5.32. The Bertz CT molecular complexity index is 482. The van der Waals surface area contributed by atoms with Gasteiger partial charge in [-0.05, 0) is 38.2 Å². The zero-order chi connectivity index (χ0) is 16.9. The maximum atomic E-state index is 10.5. The molecule has 24 heavy (non-hydrogen) atoms. The normalized spacial score (nSPS) is 28.3. The second-order valence-electron chi connectivity index (χ2n) is 7.62. The van der Waals surface area contributed by atoms with Crippen molar-refractivity contribution >= 4 is 0 Å². The minimum absolute atomic E-state index is 0.251. The van der Waals surface area contributed by atoms with E-state index in [1.165, 1.54) is 24.8 Å². The van der Waals surface area contributed by atoms with Crippen molar-refractivity contribution in [3.63, 3.8) is 0 Å². The molecule has 0 amide bonds. The van der Waals surface area contributed by atoms with E-state index in [0.717, 1.165) is 19.6 Å². The summed E-state index contributed by atoms with van der Waals surface area (Å²) in [6, 6.07) is 11.1. The number of ether oxygens (including phenoxy) is 1. The number of aliphatic hydroxyl groups excluding tert-OH is 1. The van der Waals surface area contributed by atoms with Gasteiger partial charge in [0.25, 0.3) is 0 Å². The number of aliphatic hydroxyl groups is 1. The van der Waals surface area contributed by atoms with Crippen LogP contribution < -0.4 is 5.32 Å². The van der Waals surface area contributed by atoms with Gasteiger partial charge in [-0.1, -0.05) is 36.8 Å². The lowest BCUT2D eigenvalue weighted by molar-refractivity contribution is -0.0764. The number of rotatable bonds is 7. The average molecular weight is 332 g/mol. The molecule has 0 radical (unpaired) electrons. The second kappa shape index (κ2) is 8.43. The molecule has 2 fully saturated rings. The Morgan fingerprint density at radius 3 is 2.42 bits per heavy atom. The summed E-state index contributed by atoms with van der Waals surface area (Å²) >= 11 is 0. The van der Waals surface area contributed by atoms with E-state index in [1.807, 2.05) is 0 Å². The molecule has 0 aromatic heterocycles. The Labute approximate surface area is 146 Å². The van der Waals surface area contributed by atoms with Gasteiger partial charge < -0.3 is 15.2 Å². The molecule has 1 aliphatic carbocycles. The van der Waals surface area contributed by atoms with Gasteiger partial charge in [0.1, 0.15) is 0 Å². The van der Waals surface area contributed by atoms with Crippen LogP contribution in [-0.4, -0.2) is 54.5 Å². The number of hydrogen-bond acceptors (Lipinski definition) is 4. The fourth-order valence-corrected chi connectivity index (χ4v) is 4.05. The molecular weight excluding hydrogens is 300 g/mol. The number of β-amino-alcohol motifs (C(OH)–C–C–N with tert-alkyl or cyclic N) is 1. The van der Waals surface area contributed by atoms with Crippen molar-refractivity contribution in [2.75, 3.05) is 26.2 Å². The molecule has 4 nitrogen and oxygen atoms in total. The molecule has 134 valence electrons. The summed E-state index contributed by atoms with van der Waals surface area (Å²) in [6.07, 6.45) is 4.08. The maximum absolute atomic E-state index is 10.5. The number of nitrogens with zero attached hydrogens (tertiary/aromatic N) is 1. The first-order valence-corrected chi connectivity index (χ1v) is 9.46. The van der Waals surface area contributed by atoms with Crippen molar-refractivity contribution in [1.82, 2.24) is 10.2 Å². The predicted molar refractivity (Wildman–Crippen MR) is 97.0 cm³/mol. The summed E-state index contributed by atoms with van der Waals surface area (Å²) in [5.74, 6) is 0.711. The number of nitrogens with one attached hydrogen (secondary N) is 1. The van der Waals surface area contributed by atoms with Gasteiger partial charge in [0.05, 0.1) is 18.3 Å². The van der Waals surface area contributed by atoms with Crippen molar-refractivity contribution in [1.29, 1.82) is 0 Å². The van der Waals surface area contributed by atoms with Gasteiger partial charge in [0.2, 0.25) is 0 Å². The summed E-state index contributed by atoms with van der Waals surface area (Å²) in [6.45, 7) is 7.40. The van der Waals surface area contributed by atoms with E-state index < -0.39 is 0 Å². The Morgan fingerprint density at radius 1 is 1.17 bits per heavy atom. The molecular formula is C20H32N2O2. The van der Waals surface area contributed by atoms with E-state index in [9.17, 15) is 5.11 Å². The molecule has 3 rings (SSSR count). The second-order valence-corrected chi connectivity index (χ2v) is 7.62. The fraction of sp³-hybridized carbons (Fsp3) is 0.700. The lowest BCUT2D eigenvalue weighted by Crippen LogP contribution is -2.49. The van der Waals surface area contributed by atoms with Crippen LogP contribution in [0.15, 0.2) is 30.3 Å². The highest BCUT2D eigenvalue weighted by atomic mass is 16.5. The van der Waals surface area contributed by atoms with Crippen molar-refractivity contribution in [2.24, 2.45) is 5.92 Å². The molecule has 0 spiro atoms. The summed E-state index contributed by atoms with van der Waals surface area (Å²) in [5.41, 5.74) is 1.35. The summed E-state index contributed by atoms with van der Waals surface area (Å²) in [7, 11) is 0. The monoisotopic (exact) mass is 332 g/mol. The van der Waals surface area contributed by atoms with Crippen molar-refractivity contribution in [3.05, 3.63) is 35.9 Å². The summed E-state index contributed by atoms with van der Waals surface area (Å²) in [4.78, 5) is 2.33. The Hall–Kier alpha value is -0.940. The first-order valence-electron chi connectivity index (χ1n) is 9.46. The average Bonchev–Trinajstić information content (AvgIpc) is 2.49. The van der Waals surface area contributed by atoms with E-state index in [1.54, 1.807) is 0 Å². The lowest BCUT2D eigenvalue weighted by atomic mass is 9.77. The highest BCUT2D eigenvalue weighted by molar-refractivity contribution is 5.20. The zero-order valence-corrected chi connectivity index (χ0v) is 15.0. The van der Waals surface area contributed by atoms with Gasteiger partial charge in [-0.25, -0.2) is 0 Å². The molecule has 1 saturated heterocycles. The van der Waals surface area contributed by atoms with Crippen molar-refractivity contribution in [3.8, 4) is 0 Å². The molecule has 4 heteroatoms. The molecule has 4 atom stereocenters. The molecule has 1 aromatic rings. The molecule has 1 aliphatic heterocycles. The van der Waals surface area contributed by atoms with Crippen LogP contribution in [0.4, 0.5) is 0 Å². The Balaban J connectivity index is 1.50. The Morgan fingerprint density at radius 2 is 1.83 bits per heavy atom. The van der Waals surface area contributed by atoms with Gasteiger partial charge in [0.15, 0.2) is 0 Å². The molecule has 1 aromatic carbocycles. The van der Waals surface area contributed by atoms with Crippen LogP contribution in [0, 0.1) is 5.92 Å². The van der Waals surface area contributed by atoms with Crippen LogP contribution in [0.2, 0.25) is 0 Å². The maximum Gasteiger partial charge on any atom is 0.0791 e. The standard InChI is InChI=1S/C20H32N2O2/c1-15-12-22(13-16(2)24-15)14-19(23)11-21-20(18-9-6-10-18)17-7-4-3-5-8-17/h3-5,7-8,15-16,18-21,23H,6,9-14H2,1-2H3. The highest BCUT2D eigenvalue weighted by Crippen LogP contribution is 2.37. The quantitative estimate of drug-likeness (QED) is 0.806. The van der Waals surface area contributed by atoms with Gasteiger partial charge in [-0.3, -0.25) is 4.90 Å². The first-order chi connectivity index (χ1) is 11.6. The third-order valence-electron chi connectivity index (χ3n) is 5.32. The first kappa shape index (κ1) is 17.9. The van der Waals surface area contributed by atoms with E-state index in [0.29, 0.717) is 18.5 Å². The molecule has 2 aliphatic rings. The SMILES string of the molecule is CC1CN(CC(O)CNC(c2ccccc2)C2CCC2)CC(C)O1. The van der Waals surface area contributed by atoms with Gasteiger partial charge in [0, 0.05) is 32.2 Å². The molecule has 0 bridgehead atoms. The summed E-state index contributed by atoms with van der Waals surface area (Å²) < 4.78 is 5.77. The van der Waals surface area contributed by atoms with Crippen LogP contribution >= 0.6 is 0 Å². The largest absolute Gasteiger partial charge is 0.390 e. The van der Waals surface area contributed by atoms with Gasteiger partial charge in [-0.2, -0.15) is 0 Å². The van der Waals surface area contributed by atoms with E-state index in [4.69, 9.17) is 4.74 Å². The van der Waals surface area contributed by atoms with Crippen LogP contribution in [0.25, 0.3) is 0 Å². The van der Waals surface area contributed by atoms with E-state index >= 15 is 0 Å². The minimum atomic E-state index is -0.339. The van der Waals surface area contributed by atoms with Crippen LogP contribution in [0.5, 0.6) is 0 Å². The van der Waals surface area contributed by atoms with E-state index in [-0.39, 0.29) is 18.3 Å². The van der Waals surface area contributed by atoms with E-state index in [2.05, 4.69) is 54.4 Å². The molecule has 1 heterocycles. The predicted octanol–water partition coefficient (Wildman–Crippen LogP) is 2.59. The van der Waals surface area contributed by atoms with Crippen LogP contribution in [0.1, 0.15) is 44.7 Å². The smallest absolute Gasteiger partial charge is 0.0791 e. The lowest BCUT2D eigenvalue weighted by Gasteiger charge is -2.37. The molecule has 4 unspecified atom stereocenters. The molecule has 2 N–H and O–H groups in total. The fourth-order valence-electron chi connectivity index (χ4n) is 4.05. The zero-order valence-electron chi connectivity index (χ0n) is 15.0. The van der Waals surface area contributed by atoms with Crippen molar-refractivity contribution < 1.29 is 9.84 Å². The molecule has 1 saturated carbocycles. The number of benzene rings is 1. The highest BCUT2D eigenvalue weighted by Gasteiger charge is 2.29. The van der Waals surface area contributed by atoms with Crippen LogP contribution in [-0.2, 0) is 4.74 Å². The third kappa shape index (κ3) is 4.79. The minimum Gasteiger partial charge on any atom is -0.390 e.